The van der Waals surface area contributed by atoms with Gasteiger partial charge in [0.2, 0.25) is 0 Å². The molecular formula is C11H16FNO2S. The van der Waals surface area contributed by atoms with Crippen LogP contribution in [0.1, 0.15) is 25.5 Å². The molecule has 16 heavy (non-hydrogen) atoms. The van der Waals surface area contributed by atoms with E-state index in [2.05, 4.69) is 0 Å². The molecule has 0 fully saturated rings. The SMILES string of the molecule is CCS(=O)(=O)[C@H](C)[C@@H](N)c1cccc(F)c1. The van der Waals surface area contributed by atoms with Crippen molar-refractivity contribution in [3.63, 3.8) is 0 Å². The molecule has 0 saturated carbocycles. The van der Waals surface area contributed by atoms with Crippen molar-refractivity contribution < 1.29 is 12.8 Å². The van der Waals surface area contributed by atoms with E-state index in [4.69, 9.17) is 5.73 Å². The highest BCUT2D eigenvalue weighted by atomic mass is 32.2. The molecule has 90 valence electrons. The van der Waals surface area contributed by atoms with Gasteiger partial charge in [-0.2, -0.15) is 0 Å². The summed E-state index contributed by atoms with van der Waals surface area (Å²) in [5, 5.41) is -0.709. The van der Waals surface area contributed by atoms with E-state index >= 15 is 0 Å². The molecule has 2 N–H and O–H groups in total. The Morgan fingerprint density at radius 2 is 2.06 bits per heavy atom. The zero-order chi connectivity index (χ0) is 12.3. The number of halogens is 1. The monoisotopic (exact) mass is 245 g/mol. The second-order valence-corrected chi connectivity index (χ2v) is 6.38. The lowest BCUT2D eigenvalue weighted by molar-refractivity contribution is 0.563. The minimum Gasteiger partial charge on any atom is -0.323 e. The maximum absolute atomic E-state index is 13.0. The molecule has 3 nitrogen and oxygen atoms in total. The molecule has 0 spiro atoms. The van der Waals surface area contributed by atoms with Crippen molar-refractivity contribution in [2.45, 2.75) is 25.1 Å². The van der Waals surface area contributed by atoms with Gasteiger partial charge in [-0.15, -0.1) is 0 Å². The van der Waals surface area contributed by atoms with Crippen LogP contribution in [-0.2, 0) is 9.84 Å². The van der Waals surface area contributed by atoms with Crippen LogP contribution in [0.25, 0.3) is 0 Å². The number of nitrogens with two attached hydrogens (primary N) is 1. The fraction of sp³-hybridized carbons (Fsp3) is 0.455. The Bertz CT molecular complexity index is 459. The van der Waals surface area contributed by atoms with Crippen LogP contribution in [-0.4, -0.2) is 19.4 Å². The molecule has 5 heteroatoms. The van der Waals surface area contributed by atoms with Crippen LogP contribution in [0.4, 0.5) is 4.39 Å². The maximum Gasteiger partial charge on any atom is 0.154 e. The summed E-state index contributed by atoms with van der Waals surface area (Å²) in [7, 11) is -3.21. The third-order valence-electron chi connectivity index (χ3n) is 2.71. The van der Waals surface area contributed by atoms with E-state index in [-0.39, 0.29) is 5.75 Å². The van der Waals surface area contributed by atoms with E-state index in [9.17, 15) is 12.8 Å². The van der Waals surface area contributed by atoms with Gasteiger partial charge in [-0.1, -0.05) is 19.1 Å². The van der Waals surface area contributed by atoms with Gasteiger partial charge in [0.25, 0.3) is 0 Å². The first-order chi connectivity index (χ1) is 7.38. The summed E-state index contributed by atoms with van der Waals surface area (Å²) in [6.45, 7) is 3.12. The van der Waals surface area contributed by atoms with E-state index in [1.807, 2.05) is 0 Å². The molecule has 0 aliphatic rings. The lowest BCUT2D eigenvalue weighted by Crippen LogP contribution is -2.32. The summed E-state index contributed by atoms with van der Waals surface area (Å²) in [6.07, 6.45) is 0. The molecule has 0 aliphatic heterocycles. The Labute approximate surface area is 95.4 Å². The van der Waals surface area contributed by atoms with Gasteiger partial charge in [0.1, 0.15) is 5.82 Å². The maximum atomic E-state index is 13.0. The highest BCUT2D eigenvalue weighted by Gasteiger charge is 2.26. The normalized spacial score (nSPS) is 15.8. The second-order valence-electron chi connectivity index (χ2n) is 3.74. The van der Waals surface area contributed by atoms with Crippen LogP contribution in [0.15, 0.2) is 24.3 Å². The number of hydrogen-bond donors (Lipinski definition) is 1. The highest BCUT2D eigenvalue weighted by Crippen LogP contribution is 2.20. The van der Waals surface area contributed by atoms with Crippen LogP contribution in [0, 0.1) is 5.82 Å². The molecule has 1 aromatic rings. The second kappa shape index (κ2) is 4.93. The fourth-order valence-corrected chi connectivity index (χ4v) is 2.60. The van der Waals surface area contributed by atoms with Crippen LogP contribution in [0.2, 0.25) is 0 Å². The quantitative estimate of drug-likeness (QED) is 0.877. The number of rotatable bonds is 4. The molecule has 2 atom stereocenters. The number of hydrogen-bond acceptors (Lipinski definition) is 3. The smallest absolute Gasteiger partial charge is 0.154 e. The molecule has 0 aromatic heterocycles. The summed E-state index contributed by atoms with van der Waals surface area (Å²) in [5.41, 5.74) is 6.33. The summed E-state index contributed by atoms with van der Waals surface area (Å²) < 4.78 is 36.2. The van der Waals surface area contributed by atoms with Gasteiger partial charge in [0.05, 0.1) is 5.25 Å². The van der Waals surface area contributed by atoms with Gasteiger partial charge in [0.15, 0.2) is 9.84 Å². The first kappa shape index (κ1) is 13.1. The average Bonchev–Trinajstić information content (AvgIpc) is 2.27. The van der Waals surface area contributed by atoms with Gasteiger partial charge in [-0.3, -0.25) is 0 Å². The zero-order valence-electron chi connectivity index (χ0n) is 9.35. The van der Waals surface area contributed by atoms with Crippen LogP contribution < -0.4 is 5.73 Å². The lowest BCUT2D eigenvalue weighted by Gasteiger charge is -2.19. The minimum atomic E-state index is -3.21. The van der Waals surface area contributed by atoms with Crippen LogP contribution >= 0.6 is 0 Å². The van der Waals surface area contributed by atoms with Crippen molar-refractivity contribution in [2.75, 3.05) is 5.75 Å². The molecule has 0 radical (unpaired) electrons. The molecule has 1 rings (SSSR count). The molecular weight excluding hydrogens is 229 g/mol. The summed E-state index contributed by atoms with van der Waals surface area (Å²) in [6, 6.07) is 5.04. The van der Waals surface area contributed by atoms with E-state index in [0.29, 0.717) is 5.56 Å². The standard InChI is InChI=1S/C11H16FNO2S/c1-3-16(14,15)8(2)11(13)9-5-4-6-10(12)7-9/h4-8,11H,3,13H2,1-2H3/t8-,11-/m1/s1. The molecule has 0 bridgehead atoms. The molecule has 0 amide bonds. The highest BCUT2D eigenvalue weighted by molar-refractivity contribution is 7.92. The third kappa shape index (κ3) is 2.80. The summed E-state index contributed by atoms with van der Waals surface area (Å²) in [4.78, 5) is 0. The number of benzene rings is 1. The Balaban J connectivity index is 2.99. The van der Waals surface area contributed by atoms with Crippen molar-refractivity contribution in [1.82, 2.24) is 0 Å². The fourth-order valence-electron chi connectivity index (χ4n) is 1.47. The van der Waals surface area contributed by atoms with Crippen molar-refractivity contribution in [3.05, 3.63) is 35.6 Å². The van der Waals surface area contributed by atoms with Gasteiger partial charge < -0.3 is 5.73 Å². The molecule has 0 unspecified atom stereocenters. The van der Waals surface area contributed by atoms with E-state index in [1.165, 1.54) is 18.2 Å². The Hall–Kier alpha value is -0.940. The van der Waals surface area contributed by atoms with E-state index in [0.717, 1.165) is 0 Å². The Morgan fingerprint density at radius 1 is 1.44 bits per heavy atom. The Morgan fingerprint density at radius 3 is 2.56 bits per heavy atom. The largest absolute Gasteiger partial charge is 0.323 e. The van der Waals surface area contributed by atoms with Crippen molar-refractivity contribution in [3.8, 4) is 0 Å². The predicted octanol–water partition coefficient (Wildman–Crippen LogP) is 1.65. The van der Waals surface area contributed by atoms with E-state index in [1.54, 1.807) is 19.9 Å². The first-order valence-corrected chi connectivity index (χ1v) is 6.82. The Kier molecular flexibility index (Phi) is 4.04. The van der Waals surface area contributed by atoms with Crippen molar-refractivity contribution >= 4 is 9.84 Å². The first-order valence-electron chi connectivity index (χ1n) is 5.11. The molecule has 0 saturated heterocycles. The van der Waals surface area contributed by atoms with Crippen LogP contribution in [0.3, 0.4) is 0 Å². The van der Waals surface area contributed by atoms with Crippen molar-refractivity contribution in [1.29, 1.82) is 0 Å². The lowest BCUT2D eigenvalue weighted by atomic mass is 10.1. The molecule has 1 aromatic carbocycles. The predicted molar refractivity (Wildman–Crippen MR) is 62.3 cm³/mol. The average molecular weight is 245 g/mol. The third-order valence-corrected chi connectivity index (χ3v) is 4.94. The summed E-state index contributed by atoms with van der Waals surface area (Å²) in [5.74, 6) is -0.369. The van der Waals surface area contributed by atoms with Gasteiger partial charge in [0, 0.05) is 11.8 Å². The minimum absolute atomic E-state index is 0.0389. The van der Waals surface area contributed by atoms with E-state index < -0.39 is 26.9 Å². The molecule has 0 heterocycles. The van der Waals surface area contributed by atoms with Gasteiger partial charge in [-0.25, -0.2) is 12.8 Å². The summed E-state index contributed by atoms with van der Waals surface area (Å²) >= 11 is 0. The topological polar surface area (TPSA) is 60.2 Å². The van der Waals surface area contributed by atoms with Gasteiger partial charge in [-0.05, 0) is 24.6 Å². The van der Waals surface area contributed by atoms with Gasteiger partial charge >= 0.3 is 0 Å². The van der Waals surface area contributed by atoms with Crippen molar-refractivity contribution in [2.24, 2.45) is 5.73 Å². The zero-order valence-corrected chi connectivity index (χ0v) is 10.2. The number of sulfone groups is 1. The van der Waals surface area contributed by atoms with Crippen LogP contribution in [0.5, 0.6) is 0 Å². The molecule has 0 aliphatic carbocycles.